The molecule has 0 atom stereocenters. The van der Waals surface area contributed by atoms with E-state index in [-0.39, 0.29) is 11.6 Å². The molecule has 8 heteroatoms. The predicted molar refractivity (Wildman–Crippen MR) is 64.5 cm³/mol. The summed E-state index contributed by atoms with van der Waals surface area (Å²) in [6.45, 7) is 0.500. The third-order valence-electron chi connectivity index (χ3n) is 2.27. The van der Waals surface area contributed by atoms with E-state index < -0.39 is 0 Å². The average Bonchev–Trinajstić information content (AvgIpc) is 2.92. The summed E-state index contributed by atoms with van der Waals surface area (Å²) in [5.74, 6) is 5.28. The quantitative estimate of drug-likeness (QED) is 0.416. The number of nitrogens with zero attached hydrogens (tertiary/aromatic N) is 3. The molecule has 0 aromatic carbocycles. The zero-order valence-electron chi connectivity index (χ0n) is 9.55. The third kappa shape index (κ3) is 3.01. The van der Waals surface area contributed by atoms with Crippen LogP contribution < -0.4 is 16.6 Å². The Hall–Kier alpha value is -2.48. The van der Waals surface area contributed by atoms with Gasteiger partial charge in [0.15, 0.2) is 5.82 Å². The average molecular weight is 247 g/mol. The van der Waals surface area contributed by atoms with Gasteiger partial charge in [0, 0.05) is 24.9 Å². The summed E-state index contributed by atoms with van der Waals surface area (Å²) in [6, 6.07) is 0. The number of nitrogen functional groups attached to an aromatic ring is 1. The van der Waals surface area contributed by atoms with Gasteiger partial charge in [0.25, 0.3) is 5.91 Å². The normalized spacial score (nSPS) is 10.1. The topological polar surface area (TPSA) is 122 Å². The van der Waals surface area contributed by atoms with Gasteiger partial charge in [-0.2, -0.15) is 0 Å². The number of aromatic amines is 1. The standard InChI is InChI=1S/C10H13N7O/c11-17-9-5-14-8(4-15-9)10(18)13-2-1-7-3-12-6-16-7/h3-6H,1-2,11H2,(H,12,16)(H,13,18)(H,15,17). The largest absolute Gasteiger partial charge is 0.350 e. The van der Waals surface area contributed by atoms with E-state index in [9.17, 15) is 4.79 Å². The van der Waals surface area contributed by atoms with E-state index in [1.165, 1.54) is 12.4 Å². The Morgan fingerprint density at radius 1 is 1.33 bits per heavy atom. The number of anilines is 1. The molecule has 0 aliphatic carbocycles. The number of nitrogens with one attached hydrogen (secondary N) is 3. The maximum Gasteiger partial charge on any atom is 0.271 e. The Labute approximate surface area is 103 Å². The number of hydrogen-bond acceptors (Lipinski definition) is 6. The zero-order chi connectivity index (χ0) is 12.8. The minimum atomic E-state index is -0.273. The van der Waals surface area contributed by atoms with E-state index in [1.807, 2.05) is 0 Å². The minimum absolute atomic E-state index is 0.249. The number of aromatic nitrogens is 4. The number of rotatable bonds is 5. The lowest BCUT2D eigenvalue weighted by Crippen LogP contribution is -2.26. The van der Waals surface area contributed by atoms with E-state index in [1.54, 1.807) is 12.5 Å². The fourth-order valence-corrected chi connectivity index (χ4v) is 1.34. The van der Waals surface area contributed by atoms with Crippen molar-refractivity contribution in [3.05, 3.63) is 36.3 Å². The van der Waals surface area contributed by atoms with Gasteiger partial charge in [0.2, 0.25) is 0 Å². The summed E-state index contributed by atoms with van der Waals surface area (Å²) in [5, 5.41) is 2.73. The monoisotopic (exact) mass is 247 g/mol. The SMILES string of the molecule is NNc1cnc(C(=O)NCCc2cnc[nH]2)cn1. The Balaban J connectivity index is 1.83. The third-order valence-corrected chi connectivity index (χ3v) is 2.27. The molecule has 0 aliphatic rings. The highest BCUT2D eigenvalue weighted by Crippen LogP contribution is 1.99. The summed E-state index contributed by atoms with van der Waals surface area (Å²) in [4.78, 5) is 26.4. The molecule has 2 heterocycles. The summed E-state index contributed by atoms with van der Waals surface area (Å²) in [7, 11) is 0. The molecule has 0 unspecified atom stereocenters. The van der Waals surface area contributed by atoms with Gasteiger partial charge in [-0.25, -0.2) is 20.8 Å². The zero-order valence-corrected chi connectivity index (χ0v) is 9.55. The summed E-state index contributed by atoms with van der Waals surface area (Å²) < 4.78 is 0. The van der Waals surface area contributed by atoms with Gasteiger partial charge in [-0.3, -0.25) is 4.79 Å². The van der Waals surface area contributed by atoms with Gasteiger partial charge < -0.3 is 15.7 Å². The lowest BCUT2D eigenvalue weighted by Gasteiger charge is -2.04. The number of carbonyl (C=O) groups is 1. The van der Waals surface area contributed by atoms with Crippen molar-refractivity contribution < 1.29 is 4.79 Å². The van der Waals surface area contributed by atoms with Crippen LogP contribution in [-0.4, -0.2) is 32.4 Å². The van der Waals surface area contributed by atoms with Crippen molar-refractivity contribution in [1.82, 2.24) is 25.3 Å². The molecule has 0 radical (unpaired) electrons. The van der Waals surface area contributed by atoms with Gasteiger partial charge in [0.05, 0.1) is 18.7 Å². The number of nitrogens with two attached hydrogens (primary N) is 1. The number of imidazole rings is 1. The first kappa shape index (κ1) is 12.0. The van der Waals surface area contributed by atoms with Gasteiger partial charge in [0.1, 0.15) is 5.69 Å². The van der Waals surface area contributed by atoms with Crippen LogP contribution in [0.25, 0.3) is 0 Å². The molecule has 5 N–H and O–H groups in total. The van der Waals surface area contributed by atoms with Crippen LogP contribution >= 0.6 is 0 Å². The highest BCUT2D eigenvalue weighted by atomic mass is 16.1. The molecule has 2 rings (SSSR count). The summed E-state index contributed by atoms with van der Waals surface area (Å²) in [5.41, 5.74) is 3.55. The number of amides is 1. The Kier molecular flexibility index (Phi) is 3.82. The van der Waals surface area contributed by atoms with Crippen LogP contribution in [0.4, 0.5) is 5.82 Å². The highest BCUT2D eigenvalue weighted by Gasteiger charge is 2.07. The second-order valence-electron chi connectivity index (χ2n) is 3.51. The van der Waals surface area contributed by atoms with Crippen molar-refractivity contribution in [2.45, 2.75) is 6.42 Å². The van der Waals surface area contributed by atoms with Crippen molar-refractivity contribution in [3.63, 3.8) is 0 Å². The lowest BCUT2D eigenvalue weighted by atomic mass is 10.3. The second-order valence-corrected chi connectivity index (χ2v) is 3.51. The molecule has 94 valence electrons. The van der Waals surface area contributed by atoms with Crippen LogP contribution in [0.2, 0.25) is 0 Å². The number of H-pyrrole nitrogens is 1. The van der Waals surface area contributed by atoms with E-state index in [4.69, 9.17) is 5.84 Å². The van der Waals surface area contributed by atoms with E-state index in [2.05, 4.69) is 30.7 Å². The van der Waals surface area contributed by atoms with Gasteiger partial charge in [-0.15, -0.1) is 0 Å². The van der Waals surface area contributed by atoms with Crippen molar-refractivity contribution in [2.24, 2.45) is 5.84 Å². The van der Waals surface area contributed by atoms with Crippen molar-refractivity contribution >= 4 is 11.7 Å². The van der Waals surface area contributed by atoms with Gasteiger partial charge in [-0.05, 0) is 0 Å². The fourth-order valence-electron chi connectivity index (χ4n) is 1.34. The smallest absolute Gasteiger partial charge is 0.271 e. The first-order chi connectivity index (χ1) is 8.79. The van der Waals surface area contributed by atoms with Crippen LogP contribution in [-0.2, 0) is 6.42 Å². The fraction of sp³-hybridized carbons (Fsp3) is 0.200. The summed E-state index contributed by atoms with van der Waals surface area (Å²) >= 11 is 0. The first-order valence-corrected chi connectivity index (χ1v) is 5.33. The minimum Gasteiger partial charge on any atom is -0.350 e. The molecule has 8 nitrogen and oxygen atoms in total. The Bertz CT molecular complexity index is 493. The Morgan fingerprint density at radius 3 is 2.83 bits per heavy atom. The predicted octanol–water partition coefficient (Wildman–Crippen LogP) is -0.542. The summed E-state index contributed by atoms with van der Waals surface area (Å²) in [6.07, 6.45) is 6.75. The molecule has 0 saturated carbocycles. The van der Waals surface area contributed by atoms with Crippen molar-refractivity contribution in [3.8, 4) is 0 Å². The maximum atomic E-state index is 11.7. The molecule has 0 bridgehead atoms. The number of carbonyl (C=O) groups excluding carboxylic acids is 1. The number of hydrogen-bond donors (Lipinski definition) is 4. The molecular weight excluding hydrogens is 234 g/mol. The van der Waals surface area contributed by atoms with Crippen LogP contribution in [0.1, 0.15) is 16.2 Å². The molecule has 18 heavy (non-hydrogen) atoms. The van der Waals surface area contributed by atoms with Gasteiger partial charge in [-0.1, -0.05) is 0 Å². The molecule has 0 spiro atoms. The molecule has 1 amide bonds. The van der Waals surface area contributed by atoms with Crippen LogP contribution in [0, 0.1) is 0 Å². The molecule has 2 aromatic heterocycles. The van der Waals surface area contributed by atoms with Crippen molar-refractivity contribution in [2.75, 3.05) is 12.0 Å². The van der Waals surface area contributed by atoms with Gasteiger partial charge >= 0.3 is 0 Å². The van der Waals surface area contributed by atoms with Crippen LogP contribution in [0.5, 0.6) is 0 Å². The molecular formula is C10H13N7O. The second kappa shape index (κ2) is 5.73. The first-order valence-electron chi connectivity index (χ1n) is 5.33. The lowest BCUT2D eigenvalue weighted by molar-refractivity contribution is 0.0948. The molecule has 0 saturated heterocycles. The van der Waals surface area contributed by atoms with Crippen molar-refractivity contribution in [1.29, 1.82) is 0 Å². The van der Waals surface area contributed by atoms with Crippen LogP contribution in [0.15, 0.2) is 24.9 Å². The maximum absolute atomic E-state index is 11.7. The van der Waals surface area contributed by atoms with Crippen LogP contribution in [0.3, 0.4) is 0 Å². The highest BCUT2D eigenvalue weighted by molar-refractivity contribution is 5.91. The van der Waals surface area contributed by atoms with E-state index in [0.29, 0.717) is 18.8 Å². The molecule has 0 aliphatic heterocycles. The Morgan fingerprint density at radius 2 is 2.22 bits per heavy atom. The van der Waals surface area contributed by atoms with E-state index >= 15 is 0 Å². The molecule has 0 fully saturated rings. The number of hydrazine groups is 1. The van der Waals surface area contributed by atoms with E-state index in [0.717, 1.165) is 5.69 Å². The molecule has 2 aromatic rings.